The average Bonchev–Trinajstić information content (AvgIpc) is 3.21. The molecule has 0 amide bonds. The Bertz CT molecular complexity index is 993. The van der Waals surface area contributed by atoms with Gasteiger partial charge in [-0.15, -0.1) is 0 Å². The van der Waals surface area contributed by atoms with E-state index in [0.717, 1.165) is 38.5 Å². The summed E-state index contributed by atoms with van der Waals surface area (Å²) in [6.45, 7) is 4.78. The summed E-state index contributed by atoms with van der Waals surface area (Å²) in [6, 6.07) is -0.611. The second-order valence-electron chi connectivity index (χ2n) is 18.8. The molecule has 2 atom stereocenters. The van der Waals surface area contributed by atoms with Crippen molar-refractivity contribution in [3.05, 3.63) is 12.2 Å². The highest BCUT2D eigenvalue weighted by Gasteiger charge is 2.31. The third-order valence-corrected chi connectivity index (χ3v) is 11.9. The van der Waals surface area contributed by atoms with Crippen LogP contribution in [0.5, 0.6) is 0 Å². The summed E-state index contributed by atoms with van der Waals surface area (Å²) >= 11 is 0. The zero-order chi connectivity index (χ0) is 44.2. The number of allylic oxidation sites excluding steroid dienone is 2. The van der Waals surface area contributed by atoms with E-state index >= 15 is 0 Å². The first kappa shape index (κ1) is 58.1. The van der Waals surface area contributed by atoms with E-state index in [9.17, 15) is 19.5 Å². The first-order valence-corrected chi connectivity index (χ1v) is 25.7. The number of ether oxygens (including phenoxy) is 3. The second kappa shape index (κ2) is 43.7. The normalized spacial score (nSPS) is 12.9. The molecule has 0 aliphatic rings. The Morgan fingerprint density at radius 3 is 1.20 bits per heavy atom. The van der Waals surface area contributed by atoms with Crippen LogP contribution in [0.4, 0.5) is 0 Å². The van der Waals surface area contributed by atoms with Crippen LogP contribution in [0.25, 0.3) is 0 Å². The monoisotopic (exact) mass is 851 g/mol. The fourth-order valence-corrected chi connectivity index (χ4v) is 7.91. The fourth-order valence-electron chi connectivity index (χ4n) is 7.91. The van der Waals surface area contributed by atoms with Crippen molar-refractivity contribution in [3.8, 4) is 0 Å². The van der Waals surface area contributed by atoms with Crippen molar-refractivity contribution < 1.29 is 38.2 Å². The van der Waals surface area contributed by atoms with Crippen LogP contribution in [0, 0.1) is 0 Å². The fraction of sp³-hybridized carbons (Fsp3) is 0.904. The number of likely N-dealkylation sites (N-methyl/N-ethyl adjacent to an activating group) is 1. The topological polar surface area (TPSA) is 99.1 Å². The minimum Gasteiger partial charge on any atom is -0.477 e. The van der Waals surface area contributed by atoms with Crippen molar-refractivity contribution >= 4 is 17.9 Å². The maximum absolute atomic E-state index is 12.8. The number of hydrogen-bond acceptors (Lipinski definition) is 6. The number of carboxylic acids is 1. The molecule has 60 heavy (non-hydrogen) atoms. The maximum atomic E-state index is 12.8. The quantitative estimate of drug-likeness (QED) is 0.0282. The molecule has 8 heteroatoms. The molecule has 0 spiro atoms. The lowest BCUT2D eigenvalue weighted by molar-refractivity contribution is -0.887. The van der Waals surface area contributed by atoms with Crippen LogP contribution in [-0.4, -0.2) is 80.6 Å². The van der Waals surface area contributed by atoms with Crippen LogP contribution < -0.4 is 0 Å². The summed E-state index contributed by atoms with van der Waals surface area (Å²) in [5.74, 6) is -1.45. The third kappa shape index (κ3) is 41.4. The SMILES string of the molecule is CCCCCCCCCCC/C=C/CCCCCCCCCC(=O)OC(COCCC(C(=O)O)[N+](C)(C)C)COC(=O)CCCCCCCCCCCCCCCCCC. The number of carboxylic acid groups (broad SMARTS) is 1. The number of nitrogens with zero attached hydrogens (tertiary/aromatic N) is 1. The summed E-state index contributed by atoms with van der Waals surface area (Å²) in [5, 5.41) is 9.65. The Morgan fingerprint density at radius 2 is 0.833 bits per heavy atom. The van der Waals surface area contributed by atoms with Gasteiger partial charge in [0.1, 0.15) is 6.61 Å². The standard InChI is InChI=1S/C52H99NO7/c1-6-8-10-12-14-16-18-20-22-24-25-26-27-29-31-33-35-37-39-41-43-51(55)60-48(46-58-45-44-49(52(56)57)53(3,4)5)47-59-50(54)42-40-38-36-34-32-30-28-23-21-19-17-15-13-11-9-7-2/h25-26,48-49H,6-24,27-47H2,1-5H3/p+1/b26-25+. The molecule has 0 aromatic heterocycles. The molecular formula is C52H100NO7+. The first-order chi connectivity index (χ1) is 29.1. The van der Waals surface area contributed by atoms with Gasteiger partial charge in [0.25, 0.3) is 0 Å². The molecule has 0 rings (SSSR count). The highest BCUT2D eigenvalue weighted by atomic mass is 16.6. The number of carbonyl (C=O) groups is 3. The minimum atomic E-state index is -0.871. The van der Waals surface area contributed by atoms with Gasteiger partial charge in [0.2, 0.25) is 0 Å². The van der Waals surface area contributed by atoms with Crippen molar-refractivity contribution in [2.24, 2.45) is 0 Å². The number of hydrogen-bond donors (Lipinski definition) is 1. The number of unbranched alkanes of at least 4 members (excludes halogenated alkanes) is 31. The predicted molar refractivity (Wildman–Crippen MR) is 252 cm³/mol. The Labute approximate surface area is 371 Å². The molecule has 0 radical (unpaired) electrons. The number of esters is 2. The van der Waals surface area contributed by atoms with Gasteiger partial charge in [-0.3, -0.25) is 9.59 Å². The van der Waals surface area contributed by atoms with E-state index in [2.05, 4.69) is 26.0 Å². The zero-order valence-electron chi connectivity index (χ0n) is 40.4. The third-order valence-electron chi connectivity index (χ3n) is 11.9. The zero-order valence-corrected chi connectivity index (χ0v) is 40.4. The van der Waals surface area contributed by atoms with Gasteiger partial charge in [-0.05, 0) is 38.5 Å². The molecule has 2 unspecified atom stereocenters. The summed E-state index contributed by atoms with van der Waals surface area (Å²) < 4.78 is 17.4. The van der Waals surface area contributed by atoms with E-state index in [0.29, 0.717) is 19.3 Å². The molecule has 0 heterocycles. The Kier molecular flexibility index (Phi) is 42.3. The molecule has 0 aromatic carbocycles. The lowest BCUT2D eigenvalue weighted by atomic mass is 10.0. The molecular weight excluding hydrogens is 751 g/mol. The van der Waals surface area contributed by atoms with Crippen LogP contribution in [0.2, 0.25) is 0 Å². The van der Waals surface area contributed by atoms with Gasteiger partial charge < -0.3 is 23.8 Å². The summed E-state index contributed by atoms with van der Waals surface area (Å²) in [7, 11) is 5.54. The van der Waals surface area contributed by atoms with E-state index in [1.165, 1.54) is 180 Å². The number of aliphatic carboxylic acids is 1. The molecule has 0 saturated heterocycles. The van der Waals surface area contributed by atoms with E-state index in [-0.39, 0.29) is 36.2 Å². The molecule has 0 aromatic rings. The van der Waals surface area contributed by atoms with Gasteiger partial charge in [0.05, 0.1) is 34.4 Å². The molecule has 0 bridgehead atoms. The molecule has 8 nitrogen and oxygen atoms in total. The largest absolute Gasteiger partial charge is 0.477 e. The molecule has 0 saturated carbocycles. The van der Waals surface area contributed by atoms with E-state index in [1.807, 2.05) is 21.1 Å². The smallest absolute Gasteiger partial charge is 0.362 e. The average molecular weight is 851 g/mol. The van der Waals surface area contributed by atoms with Gasteiger partial charge in [0.15, 0.2) is 12.1 Å². The van der Waals surface area contributed by atoms with Gasteiger partial charge in [-0.2, -0.15) is 0 Å². The highest BCUT2D eigenvalue weighted by molar-refractivity contribution is 5.72. The summed E-state index contributed by atoms with van der Waals surface area (Å²) in [5.41, 5.74) is 0. The molecule has 354 valence electrons. The number of quaternary nitrogens is 1. The van der Waals surface area contributed by atoms with Crippen molar-refractivity contribution in [3.63, 3.8) is 0 Å². The van der Waals surface area contributed by atoms with Crippen LogP contribution in [0.15, 0.2) is 12.2 Å². The van der Waals surface area contributed by atoms with E-state index < -0.39 is 18.1 Å². The van der Waals surface area contributed by atoms with Crippen LogP contribution in [-0.2, 0) is 28.6 Å². The van der Waals surface area contributed by atoms with Gasteiger partial charge in [-0.25, -0.2) is 4.79 Å². The molecule has 1 N–H and O–H groups in total. The summed E-state index contributed by atoms with van der Waals surface area (Å²) in [6.07, 6.45) is 48.3. The Morgan fingerprint density at radius 1 is 0.483 bits per heavy atom. The van der Waals surface area contributed by atoms with E-state index in [4.69, 9.17) is 14.2 Å². The highest BCUT2D eigenvalue weighted by Crippen LogP contribution is 2.16. The van der Waals surface area contributed by atoms with Crippen molar-refractivity contribution in [2.45, 2.75) is 264 Å². The number of carbonyl (C=O) groups excluding carboxylic acids is 2. The lowest BCUT2D eigenvalue weighted by Gasteiger charge is -2.31. The molecule has 0 fully saturated rings. The van der Waals surface area contributed by atoms with Gasteiger partial charge >= 0.3 is 17.9 Å². The van der Waals surface area contributed by atoms with Gasteiger partial charge in [-0.1, -0.05) is 206 Å². The Balaban J connectivity index is 4.22. The minimum absolute atomic E-state index is 0.0461. The lowest BCUT2D eigenvalue weighted by Crippen LogP contribution is -2.50. The first-order valence-electron chi connectivity index (χ1n) is 25.7. The predicted octanol–water partition coefficient (Wildman–Crippen LogP) is 14.6. The Hall–Kier alpha value is -1.93. The van der Waals surface area contributed by atoms with Crippen molar-refractivity contribution in [1.82, 2.24) is 0 Å². The van der Waals surface area contributed by atoms with Crippen LogP contribution in [0.3, 0.4) is 0 Å². The molecule has 0 aliphatic heterocycles. The van der Waals surface area contributed by atoms with Crippen molar-refractivity contribution in [2.75, 3.05) is 41.0 Å². The van der Waals surface area contributed by atoms with Gasteiger partial charge in [0, 0.05) is 19.3 Å². The molecule has 0 aliphatic carbocycles. The van der Waals surface area contributed by atoms with Crippen LogP contribution >= 0.6 is 0 Å². The summed E-state index contributed by atoms with van der Waals surface area (Å²) in [4.78, 5) is 37.1. The maximum Gasteiger partial charge on any atom is 0.362 e. The second-order valence-corrected chi connectivity index (χ2v) is 18.8. The van der Waals surface area contributed by atoms with Crippen LogP contribution in [0.1, 0.15) is 251 Å². The number of rotatable bonds is 47. The van der Waals surface area contributed by atoms with Crippen molar-refractivity contribution in [1.29, 1.82) is 0 Å². The van der Waals surface area contributed by atoms with E-state index in [1.54, 1.807) is 0 Å².